The van der Waals surface area contributed by atoms with Crippen LogP contribution in [0.15, 0.2) is 18.6 Å². The Kier molecular flexibility index (Phi) is 2.37. The van der Waals surface area contributed by atoms with Crippen molar-refractivity contribution in [3.63, 3.8) is 0 Å². The van der Waals surface area contributed by atoms with Gasteiger partial charge < -0.3 is 10.3 Å². The molecule has 0 aliphatic rings. The Hall–Kier alpha value is -1.91. The second kappa shape index (κ2) is 3.68. The maximum atomic E-state index is 5.68. The molecule has 2 N–H and O–H groups in total. The molecular weight excluding hydrogens is 190 g/mol. The van der Waals surface area contributed by atoms with Crippen molar-refractivity contribution < 1.29 is 0 Å². The molecule has 0 saturated carbocycles. The van der Waals surface area contributed by atoms with Crippen molar-refractivity contribution in [3.05, 3.63) is 24.3 Å². The third kappa shape index (κ3) is 1.81. The first-order chi connectivity index (χ1) is 7.20. The number of imidazole rings is 1. The maximum Gasteiger partial charge on any atom is 0.180 e. The number of rotatable bonds is 2. The number of hydrogen-bond acceptors (Lipinski definition) is 4. The fourth-order valence-electron chi connectivity index (χ4n) is 1.47. The Balaban J connectivity index is 2.53. The summed E-state index contributed by atoms with van der Waals surface area (Å²) >= 11 is 0. The quantitative estimate of drug-likeness (QED) is 0.797. The molecule has 5 nitrogen and oxygen atoms in total. The smallest absolute Gasteiger partial charge is 0.180 e. The summed E-state index contributed by atoms with van der Waals surface area (Å²) in [4.78, 5) is 12.6. The molecule has 2 aromatic rings. The topological polar surface area (TPSA) is 69.6 Å². The molecule has 2 aromatic heterocycles. The summed E-state index contributed by atoms with van der Waals surface area (Å²) in [7, 11) is 0. The summed E-state index contributed by atoms with van der Waals surface area (Å²) in [5.74, 6) is 1.12. The molecule has 0 radical (unpaired) electrons. The number of aryl methyl sites for hydroxylation is 2. The minimum absolute atomic E-state index is 0.487. The van der Waals surface area contributed by atoms with Gasteiger partial charge in [-0.15, -0.1) is 0 Å². The largest absolute Gasteiger partial charge is 0.384 e. The van der Waals surface area contributed by atoms with Gasteiger partial charge in [-0.1, -0.05) is 0 Å². The molecule has 15 heavy (non-hydrogen) atoms. The summed E-state index contributed by atoms with van der Waals surface area (Å²) in [5.41, 5.74) is 7.43. The number of nitrogen functional groups attached to an aromatic ring is 1. The lowest BCUT2D eigenvalue weighted by atomic mass is 10.3. The molecule has 5 heteroatoms. The predicted molar refractivity (Wildman–Crippen MR) is 58.1 cm³/mol. The summed E-state index contributed by atoms with van der Waals surface area (Å²) in [6.45, 7) is 4.78. The zero-order chi connectivity index (χ0) is 10.8. The van der Waals surface area contributed by atoms with Gasteiger partial charge in [0.25, 0.3) is 0 Å². The van der Waals surface area contributed by atoms with Crippen LogP contribution in [0.25, 0.3) is 11.5 Å². The number of nitrogens with zero attached hydrogens (tertiary/aromatic N) is 4. The van der Waals surface area contributed by atoms with E-state index in [9.17, 15) is 0 Å². The van der Waals surface area contributed by atoms with Gasteiger partial charge in [-0.05, 0) is 13.8 Å². The Labute approximate surface area is 88.0 Å². The van der Waals surface area contributed by atoms with E-state index in [4.69, 9.17) is 5.73 Å². The fraction of sp³-hybridized carbons (Fsp3) is 0.300. The molecule has 0 bridgehead atoms. The number of nitrogens with two attached hydrogens (primary N) is 1. The molecule has 2 heterocycles. The first-order valence-electron chi connectivity index (χ1n) is 4.82. The summed E-state index contributed by atoms with van der Waals surface area (Å²) < 4.78 is 1.98. The lowest BCUT2D eigenvalue weighted by molar-refractivity contribution is 0.763. The van der Waals surface area contributed by atoms with Crippen LogP contribution in [0, 0.1) is 6.92 Å². The van der Waals surface area contributed by atoms with Crippen LogP contribution in [0.3, 0.4) is 0 Å². The molecule has 0 aliphatic heterocycles. The van der Waals surface area contributed by atoms with Crippen molar-refractivity contribution in [3.8, 4) is 11.5 Å². The Morgan fingerprint density at radius 2 is 2.20 bits per heavy atom. The summed E-state index contributed by atoms with van der Waals surface area (Å²) in [6.07, 6.45) is 3.51. The summed E-state index contributed by atoms with van der Waals surface area (Å²) in [6, 6.07) is 1.75. The van der Waals surface area contributed by atoms with Gasteiger partial charge in [0.2, 0.25) is 0 Å². The molecular formula is C10H13N5. The normalized spacial score (nSPS) is 10.5. The van der Waals surface area contributed by atoms with Gasteiger partial charge in [-0.3, -0.25) is 0 Å². The predicted octanol–water partition coefficient (Wildman–Crippen LogP) is 1.25. The third-order valence-corrected chi connectivity index (χ3v) is 2.16. The van der Waals surface area contributed by atoms with Crippen LogP contribution >= 0.6 is 0 Å². The molecule has 0 aliphatic carbocycles. The standard InChI is InChI=1S/C10H13N5/c1-3-15-6-12-5-8(15)10-13-7(2)4-9(11)14-10/h4-6H,3H2,1-2H3,(H2,11,13,14). The molecule has 0 unspecified atom stereocenters. The Morgan fingerprint density at radius 1 is 1.40 bits per heavy atom. The Bertz CT molecular complexity index is 454. The van der Waals surface area contributed by atoms with Crippen molar-refractivity contribution in [2.24, 2.45) is 0 Å². The average Bonchev–Trinajstić information content (AvgIpc) is 2.63. The number of aromatic nitrogens is 4. The highest BCUT2D eigenvalue weighted by Gasteiger charge is 2.07. The number of hydrogen-bond donors (Lipinski definition) is 1. The lowest BCUT2D eigenvalue weighted by Gasteiger charge is -2.05. The van der Waals surface area contributed by atoms with Crippen LogP contribution in [0.4, 0.5) is 5.82 Å². The highest BCUT2D eigenvalue weighted by Crippen LogP contribution is 2.16. The minimum atomic E-state index is 0.487. The van der Waals surface area contributed by atoms with E-state index in [1.807, 2.05) is 18.4 Å². The van der Waals surface area contributed by atoms with E-state index in [1.165, 1.54) is 0 Å². The second-order valence-electron chi connectivity index (χ2n) is 3.32. The van der Waals surface area contributed by atoms with Gasteiger partial charge in [0.15, 0.2) is 5.82 Å². The molecule has 78 valence electrons. The monoisotopic (exact) mass is 203 g/mol. The lowest BCUT2D eigenvalue weighted by Crippen LogP contribution is -2.02. The van der Waals surface area contributed by atoms with Crippen molar-refractivity contribution in [1.82, 2.24) is 19.5 Å². The van der Waals surface area contributed by atoms with Crippen molar-refractivity contribution >= 4 is 5.82 Å². The molecule has 0 fully saturated rings. The van der Waals surface area contributed by atoms with Gasteiger partial charge in [0, 0.05) is 18.3 Å². The third-order valence-electron chi connectivity index (χ3n) is 2.16. The second-order valence-corrected chi connectivity index (χ2v) is 3.32. The van der Waals surface area contributed by atoms with Crippen LogP contribution in [0.1, 0.15) is 12.6 Å². The van der Waals surface area contributed by atoms with Crippen molar-refractivity contribution in [1.29, 1.82) is 0 Å². The fourth-order valence-corrected chi connectivity index (χ4v) is 1.47. The van der Waals surface area contributed by atoms with Crippen LogP contribution in [-0.4, -0.2) is 19.5 Å². The van der Waals surface area contributed by atoms with E-state index >= 15 is 0 Å². The van der Waals surface area contributed by atoms with Crippen molar-refractivity contribution in [2.45, 2.75) is 20.4 Å². The Morgan fingerprint density at radius 3 is 2.87 bits per heavy atom. The van der Waals surface area contributed by atoms with E-state index < -0.39 is 0 Å². The van der Waals surface area contributed by atoms with E-state index in [-0.39, 0.29) is 0 Å². The highest BCUT2D eigenvalue weighted by atomic mass is 15.1. The average molecular weight is 203 g/mol. The zero-order valence-electron chi connectivity index (χ0n) is 8.81. The van der Waals surface area contributed by atoms with Gasteiger partial charge in [-0.25, -0.2) is 15.0 Å². The van der Waals surface area contributed by atoms with E-state index in [0.29, 0.717) is 11.6 Å². The van der Waals surface area contributed by atoms with Gasteiger partial charge in [0.05, 0.1) is 12.5 Å². The molecule has 0 amide bonds. The van der Waals surface area contributed by atoms with Crippen molar-refractivity contribution in [2.75, 3.05) is 5.73 Å². The van der Waals surface area contributed by atoms with Crippen LogP contribution in [0.2, 0.25) is 0 Å². The zero-order valence-corrected chi connectivity index (χ0v) is 8.81. The molecule has 0 aromatic carbocycles. The summed E-state index contributed by atoms with van der Waals surface area (Å²) in [5, 5.41) is 0. The van der Waals surface area contributed by atoms with Gasteiger partial charge in [-0.2, -0.15) is 0 Å². The molecule has 0 saturated heterocycles. The first-order valence-corrected chi connectivity index (χ1v) is 4.82. The maximum absolute atomic E-state index is 5.68. The van der Waals surface area contributed by atoms with Gasteiger partial charge >= 0.3 is 0 Å². The first kappa shape index (κ1) is 9.64. The minimum Gasteiger partial charge on any atom is -0.384 e. The molecule has 0 spiro atoms. The van der Waals surface area contributed by atoms with E-state index in [2.05, 4.69) is 15.0 Å². The van der Waals surface area contributed by atoms with E-state index in [1.54, 1.807) is 18.6 Å². The van der Waals surface area contributed by atoms with Crippen LogP contribution in [0.5, 0.6) is 0 Å². The molecule has 2 rings (SSSR count). The number of anilines is 1. The van der Waals surface area contributed by atoms with Crippen LogP contribution in [-0.2, 0) is 6.54 Å². The highest BCUT2D eigenvalue weighted by molar-refractivity contribution is 5.51. The van der Waals surface area contributed by atoms with E-state index in [0.717, 1.165) is 17.9 Å². The van der Waals surface area contributed by atoms with Gasteiger partial charge in [0.1, 0.15) is 11.5 Å². The van der Waals surface area contributed by atoms with Crippen LogP contribution < -0.4 is 5.73 Å². The SMILES string of the molecule is CCn1cncc1-c1nc(C)cc(N)n1. The molecule has 0 atom stereocenters.